The number of nitrogens with zero attached hydrogens (tertiary/aromatic N) is 4. The van der Waals surface area contributed by atoms with Gasteiger partial charge in [-0.15, -0.1) is 0 Å². The fraction of sp³-hybridized carbons (Fsp3) is 0.547. The molecular formula is C53H72Cl2IN7O10S4. The highest BCUT2D eigenvalue weighted by Crippen LogP contribution is 2.49. The van der Waals surface area contributed by atoms with Crippen molar-refractivity contribution in [2.24, 2.45) is 10.8 Å². The maximum atomic E-state index is 13.3. The zero-order valence-electron chi connectivity index (χ0n) is 43.8. The number of aliphatic hydroxyl groups is 2. The summed E-state index contributed by atoms with van der Waals surface area (Å²) >= 11 is 14.4. The number of carbonyl (C=O) groups is 2. The van der Waals surface area contributed by atoms with Gasteiger partial charge in [-0.1, -0.05) is 75.5 Å². The van der Waals surface area contributed by atoms with Crippen molar-refractivity contribution in [3.05, 3.63) is 92.0 Å². The molecule has 1 unspecified atom stereocenters. The Hall–Kier alpha value is -3.33. The van der Waals surface area contributed by atoms with E-state index >= 15 is 0 Å². The number of aromatic nitrogens is 2. The first-order chi connectivity index (χ1) is 35.4. The Labute approximate surface area is 490 Å². The molecule has 3 aliphatic heterocycles. The van der Waals surface area contributed by atoms with Gasteiger partial charge in [0, 0.05) is 68.5 Å². The molecule has 0 spiro atoms. The van der Waals surface area contributed by atoms with E-state index in [0.29, 0.717) is 103 Å². The number of rotatable bonds is 13. The van der Waals surface area contributed by atoms with Gasteiger partial charge in [-0.2, -0.15) is 43.8 Å². The molecule has 3 atom stereocenters. The van der Waals surface area contributed by atoms with E-state index in [2.05, 4.69) is 75.0 Å². The topological polar surface area (TPSA) is 230 Å². The first-order valence-corrected chi connectivity index (χ1v) is 30.4. The summed E-state index contributed by atoms with van der Waals surface area (Å²) in [6.07, 6.45) is 8.95. The van der Waals surface area contributed by atoms with Gasteiger partial charge in [0.15, 0.2) is 21.3 Å². The molecule has 2 amide bonds. The highest BCUT2D eigenvalue weighted by atomic mass is 127. The van der Waals surface area contributed by atoms with Crippen molar-refractivity contribution in [2.75, 3.05) is 49.1 Å². The summed E-state index contributed by atoms with van der Waals surface area (Å²) < 4.78 is 69.0. The van der Waals surface area contributed by atoms with E-state index in [1.807, 2.05) is 17.0 Å². The summed E-state index contributed by atoms with van der Waals surface area (Å²) in [5.41, 5.74) is -0.696. The van der Waals surface area contributed by atoms with Gasteiger partial charge in [0.2, 0.25) is 0 Å². The number of ether oxygens (including phenoxy) is 2. The number of amides is 2. The van der Waals surface area contributed by atoms with Crippen LogP contribution in [0.4, 0.5) is 11.6 Å². The lowest BCUT2D eigenvalue weighted by atomic mass is 9.70. The van der Waals surface area contributed by atoms with Crippen LogP contribution in [0, 0.1) is 14.4 Å². The van der Waals surface area contributed by atoms with E-state index in [-0.39, 0.29) is 48.4 Å². The number of hydrogen-bond acceptors (Lipinski definition) is 15. The number of anilines is 2. The molecular weight excluding hydrogens is 1220 g/mol. The predicted octanol–water partition coefficient (Wildman–Crippen LogP) is 8.36. The van der Waals surface area contributed by atoms with Crippen LogP contribution in [0.15, 0.2) is 82.8 Å². The van der Waals surface area contributed by atoms with Crippen LogP contribution in [-0.2, 0) is 29.6 Å². The molecule has 17 nitrogen and oxygen atoms in total. The highest BCUT2D eigenvalue weighted by molar-refractivity contribution is 14.1. The lowest BCUT2D eigenvalue weighted by Crippen LogP contribution is -2.43. The second-order valence-corrected chi connectivity index (χ2v) is 27.5. The fourth-order valence-electron chi connectivity index (χ4n) is 9.95. The summed E-state index contributed by atoms with van der Waals surface area (Å²) in [5.74, 6) is 0.715. The normalized spacial score (nSPS) is 22.5. The van der Waals surface area contributed by atoms with E-state index in [0.717, 1.165) is 28.4 Å². The average molecular weight is 1290 g/mol. The number of β-amino-alcohol motifs (C(OH)–C–C–N with tert-alkyl or cyclic N) is 2. The van der Waals surface area contributed by atoms with Crippen molar-refractivity contribution in [1.82, 2.24) is 24.7 Å². The number of sulfonamides is 2. The zero-order valence-corrected chi connectivity index (χ0v) is 51.1. The number of aliphatic hydroxyl groups excluding tert-OH is 2. The van der Waals surface area contributed by atoms with E-state index in [1.165, 1.54) is 44.5 Å². The van der Waals surface area contributed by atoms with Crippen LogP contribution in [0.25, 0.3) is 0 Å². The molecule has 2 aromatic heterocycles. The molecule has 2 aromatic carbocycles. The quantitative estimate of drug-likeness (QED) is 0.0793. The fourth-order valence-corrected chi connectivity index (χ4v) is 12.7. The minimum absolute atomic E-state index is 0. The van der Waals surface area contributed by atoms with Gasteiger partial charge in [-0.05, 0) is 151 Å². The third-order valence-electron chi connectivity index (χ3n) is 14.6. The number of carbonyl (C=O) groups excluding carboxylic acids is 2. The minimum Gasteiger partial charge on any atom is -0.477 e. The Morgan fingerprint density at radius 2 is 1.16 bits per heavy atom. The van der Waals surface area contributed by atoms with Crippen molar-refractivity contribution in [3.8, 4) is 11.5 Å². The van der Waals surface area contributed by atoms with Gasteiger partial charge in [0.1, 0.15) is 23.1 Å². The van der Waals surface area contributed by atoms with E-state index in [1.54, 1.807) is 53.4 Å². The minimum atomic E-state index is -4.22. The molecule has 5 N–H and O–H groups in total. The van der Waals surface area contributed by atoms with Gasteiger partial charge in [-0.25, -0.2) is 19.4 Å². The Morgan fingerprint density at radius 1 is 0.675 bits per heavy atom. The van der Waals surface area contributed by atoms with Gasteiger partial charge < -0.3 is 34.8 Å². The van der Waals surface area contributed by atoms with Crippen LogP contribution in [-0.4, -0.2) is 112 Å². The van der Waals surface area contributed by atoms with Crippen molar-refractivity contribution in [2.45, 2.75) is 144 Å². The van der Waals surface area contributed by atoms with Crippen LogP contribution in [0.1, 0.15) is 116 Å². The molecule has 0 bridgehead atoms. The third kappa shape index (κ3) is 16.4. The zero-order chi connectivity index (χ0) is 54.0. The summed E-state index contributed by atoms with van der Waals surface area (Å²) in [7, 11) is -8.41. The maximum absolute atomic E-state index is 13.3. The third-order valence-corrected chi connectivity index (χ3v) is 18.4. The Kier molecular flexibility index (Phi) is 20.9. The summed E-state index contributed by atoms with van der Waals surface area (Å²) in [6.45, 7) is 13.5. The second kappa shape index (κ2) is 25.6. The highest BCUT2D eigenvalue weighted by Gasteiger charge is 2.56. The second-order valence-electron chi connectivity index (χ2n) is 22.2. The van der Waals surface area contributed by atoms with Crippen molar-refractivity contribution in [3.63, 3.8) is 0 Å². The van der Waals surface area contributed by atoms with Crippen molar-refractivity contribution in [1.29, 1.82) is 0 Å². The predicted molar refractivity (Wildman–Crippen MR) is 317 cm³/mol. The van der Waals surface area contributed by atoms with E-state index in [9.17, 15) is 36.6 Å². The van der Waals surface area contributed by atoms with Crippen LogP contribution >= 0.6 is 72.8 Å². The standard InChI is InChI=1S/C27H34ClN3O5S.C19H19ClIN3O5S.C7H15N.2H2S/c1-26(2)11-4-5-18(16-26)21-9-8-19(28)15-22(21)36-27(12-13-27)25(33)30-37(34,35)24-7-3-6-23(29-24)31-14-10-20(32)17-31;20-12-4-5-14(21)15(10-12)29-19(7-8-19)18(26)23-30(27,28)17-3-1-2-16(22-17)24-9-6-13(25)11-24;1-7(2)4-3-5-8-6-7;;/h3,6-9,15,18,20,32H,4-5,10-14,16-17H2,1-2H3,(H,30,33);1-5,10,13,25H,6-9,11H2,(H,23,26);8H,3-6H2,1-2H3;2*1H2/t18?,20-;13-;;;/m00.../s1. The largest absolute Gasteiger partial charge is 0.477 e. The molecule has 24 heteroatoms. The molecule has 0 radical (unpaired) electrons. The molecule has 3 aliphatic carbocycles. The maximum Gasteiger partial charge on any atom is 0.281 e. The van der Waals surface area contributed by atoms with Gasteiger partial charge in [-0.3, -0.25) is 9.59 Å². The number of halogens is 3. The first kappa shape index (κ1) is 62.9. The van der Waals surface area contributed by atoms with E-state index in [4.69, 9.17) is 32.7 Å². The summed E-state index contributed by atoms with van der Waals surface area (Å²) in [5, 5.41) is 23.3. The van der Waals surface area contributed by atoms with Crippen LogP contribution in [0.5, 0.6) is 11.5 Å². The molecule has 6 aliphatic rings. The molecule has 77 heavy (non-hydrogen) atoms. The number of hydrogen-bond donors (Lipinski definition) is 5. The number of piperidine rings is 1. The Morgan fingerprint density at radius 3 is 1.58 bits per heavy atom. The number of nitrogens with one attached hydrogen (secondary N) is 3. The number of benzene rings is 2. The lowest BCUT2D eigenvalue weighted by molar-refractivity contribution is -0.128. The average Bonchev–Trinajstić information content (AvgIpc) is 4.23. The van der Waals surface area contributed by atoms with Crippen molar-refractivity contribution < 1.29 is 46.1 Å². The smallest absolute Gasteiger partial charge is 0.281 e. The lowest BCUT2D eigenvalue weighted by Gasteiger charge is -2.36. The SMILES string of the molecule is CC1(C)CCCC(c2ccc(Cl)cc2OC2(C(=O)NS(=O)(=O)c3cccc(N4CC[C@H](O)C4)n3)CC2)C1.CC1(C)CCCNC1.O=C(NS(=O)(=O)c1cccc(N2CC[C@H](O)C2)n1)C1(Oc2cc(Cl)ccc2I)CC1.S.S. The molecule has 6 fully saturated rings. The van der Waals surface area contributed by atoms with Crippen LogP contribution in [0.3, 0.4) is 0 Å². The van der Waals surface area contributed by atoms with Gasteiger partial charge in [0.05, 0.1) is 15.8 Å². The number of pyridine rings is 2. The molecule has 5 heterocycles. The summed E-state index contributed by atoms with van der Waals surface area (Å²) in [6, 6.07) is 19.8. The monoisotopic (exact) mass is 1290 g/mol. The molecule has 424 valence electrons. The molecule has 10 rings (SSSR count). The molecule has 3 saturated heterocycles. The summed E-state index contributed by atoms with van der Waals surface area (Å²) in [4.78, 5) is 38.1. The van der Waals surface area contributed by atoms with Gasteiger partial charge >= 0.3 is 0 Å². The van der Waals surface area contributed by atoms with Crippen LogP contribution in [0.2, 0.25) is 10.0 Å². The first-order valence-electron chi connectivity index (χ1n) is 25.6. The van der Waals surface area contributed by atoms with Gasteiger partial charge in [0.25, 0.3) is 31.9 Å². The molecule has 3 saturated carbocycles. The van der Waals surface area contributed by atoms with Crippen LogP contribution < -0.4 is 34.0 Å². The van der Waals surface area contributed by atoms with Crippen molar-refractivity contribution >= 4 is 116 Å². The van der Waals surface area contributed by atoms with E-state index < -0.39 is 55.3 Å². The Bertz CT molecular complexity index is 2960. The molecule has 4 aromatic rings. The Balaban J connectivity index is 0.000000216.